The minimum Gasteiger partial charge on any atom is -0.342 e. The maximum absolute atomic E-state index is 12.2. The molecule has 0 aliphatic carbocycles. The molecule has 16 heavy (non-hydrogen) atoms. The van der Waals surface area contributed by atoms with Crippen LogP contribution in [0, 0.1) is 50.4 Å². The fourth-order valence-corrected chi connectivity index (χ4v) is 0.850. The van der Waals surface area contributed by atoms with Gasteiger partial charge >= 0.3 is 37.4 Å². The van der Waals surface area contributed by atoms with Gasteiger partial charge in [-0.2, -0.15) is 25.5 Å². The second-order valence-electron chi connectivity index (χ2n) is 3.25. The Hall–Kier alpha value is 0.802. The van der Waals surface area contributed by atoms with Crippen molar-refractivity contribution in [1.29, 1.82) is 0 Å². The summed E-state index contributed by atoms with van der Waals surface area (Å²) in [5.74, 6) is 0.176. The molecular formula is C11H22F3NU. The molecule has 0 radical (unpaired) electrons. The van der Waals surface area contributed by atoms with E-state index in [1.54, 1.807) is 6.42 Å². The number of hydrogen-bond acceptors (Lipinski definition) is 1. The predicted molar refractivity (Wildman–Crippen MR) is 58.1 cm³/mol. The monoisotopic (exact) mass is 463 g/mol. The SMILES string of the molecule is CC.[CH2-]CCN(C[CH-]C(C)C)C(F)(F)F.[U+2]. The zero-order valence-corrected chi connectivity index (χ0v) is 14.7. The van der Waals surface area contributed by atoms with Crippen molar-refractivity contribution in [2.75, 3.05) is 13.1 Å². The smallest absolute Gasteiger partial charge is 0.342 e. The van der Waals surface area contributed by atoms with Gasteiger partial charge in [0.1, 0.15) is 0 Å². The van der Waals surface area contributed by atoms with E-state index in [1.165, 1.54) is 0 Å². The first-order valence-corrected chi connectivity index (χ1v) is 5.32. The van der Waals surface area contributed by atoms with Gasteiger partial charge in [-0.3, -0.25) is 0 Å². The Bertz CT molecular complexity index is 138. The molecule has 0 bridgehead atoms. The van der Waals surface area contributed by atoms with Gasteiger partial charge in [0.15, 0.2) is 0 Å². The van der Waals surface area contributed by atoms with Crippen molar-refractivity contribution in [3.63, 3.8) is 0 Å². The van der Waals surface area contributed by atoms with E-state index in [2.05, 4.69) is 6.92 Å². The van der Waals surface area contributed by atoms with E-state index in [-0.39, 0.29) is 56.5 Å². The number of rotatable bonds is 5. The molecule has 0 atom stereocenters. The zero-order chi connectivity index (χ0) is 12.5. The van der Waals surface area contributed by atoms with Crippen molar-refractivity contribution < 1.29 is 44.3 Å². The van der Waals surface area contributed by atoms with Crippen LogP contribution in [0.5, 0.6) is 0 Å². The average Bonchev–Trinajstić information content (AvgIpc) is 2.13. The van der Waals surface area contributed by atoms with Crippen LogP contribution in [0.15, 0.2) is 0 Å². The minimum atomic E-state index is -4.23. The Balaban J connectivity index is -0.000000529. The summed E-state index contributed by atoms with van der Waals surface area (Å²) in [6.45, 7) is 11.1. The van der Waals surface area contributed by atoms with Gasteiger partial charge < -0.3 is 13.3 Å². The molecule has 0 unspecified atom stereocenters. The number of hydrogen-bond donors (Lipinski definition) is 0. The third-order valence-electron chi connectivity index (χ3n) is 1.58. The molecule has 0 spiro atoms. The summed E-state index contributed by atoms with van der Waals surface area (Å²) < 4.78 is 36.7. The average molecular weight is 463 g/mol. The molecule has 0 aromatic heterocycles. The van der Waals surface area contributed by atoms with E-state index in [4.69, 9.17) is 0 Å². The Morgan fingerprint density at radius 2 is 1.69 bits per heavy atom. The Morgan fingerprint density at radius 3 is 1.94 bits per heavy atom. The van der Waals surface area contributed by atoms with Crippen LogP contribution < -0.4 is 0 Å². The van der Waals surface area contributed by atoms with Crippen LogP contribution in [0.3, 0.4) is 0 Å². The normalized spacial score (nSPS) is 10.9. The summed E-state index contributed by atoms with van der Waals surface area (Å²) in [6, 6.07) is 0. The van der Waals surface area contributed by atoms with E-state index < -0.39 is 6.30 Å². The number of alkyl halides is 3. The second kappa shape index (κ2) is 12.3. The molecule has 0 aromatic carbocycles. The van der Waals surface area contributed by atoms with Crippen LogP contribution in [0.4, 0.5) is 13.2 Å². The quantitative estimate of drug-likeness (QED) is 0.442. The summed E-state index contributed by atoms with van der Waals surface area (Å²) >= 11 is 0. The molecule has 0 saturated carbocycles. The molecule has 0 aromatic rings. The maximum atomic E-state index is 12.2. The van der Waals surface area contributed by atoms with Gasteiger partial charge in [0.25, 0.3) is 0 Å². The summed E-state index contributed by atoms with van der Waals surface area (Å²) in [5, 5.41) is 0. The Morgan fingerprint density at radius 1 is 1.25 bits per heavy atom. The van der Waals surface area contributed by atoms with Crippen LogP contribution in [0.1, 0.15) is 34.1 Å². The standard InChI is InChI=1S/C9H16F3N.C2H6.U/c1-4-6-13(9(10,11)12)7-5-8(2)3;1-2;/h5,8H,1,4,6-7H2,2-3H3;1-2H3;/q-2;;+2. The van der Waals surface area contributed by atoms with Gasteiger partial charge in [0, 0.05) is 0 Å². The third-order valence-corrected chi connectivity index (χ3v) is 1.58. The van der Waals surface area contributed by atoms with Gasteiger partial charge in [-0.15, -0.1) is 6.54 Å². The van der Waals surface area contributed by atoms with Gasteiger partial charge in [0.05, 0.1) is 0 Å². The van der Waals surface area contributed by atoms with E-state index in [0.29, 0.717) is 4.90 Å². The minimum absolute atomic E-state index is 0. The van der Waals surface area contributed by atoms with Crippen molar-refractivity contribution in [3.8, 4) is 0 Å². The first-order chi connectivity index (χ1) is 6.88. The van der Waals surface area contributed by atoms with Gasteiger partial charge in [-0.25, -0.2) is 4.90 Å². The van der Waals surface area contributed by atoms with Gasteiger partial charge in [-0.05, 0) is 6.54 Å². The molecule has 0 rings (SSSR count). The maximum Gasteiger partial charge on any atom is 2.00 e. The van der Waals surface area contributed by atoms with Gasteiger partial charge in [-0.1, -0.05) is 27.7 Å². The molecule has 0 heterocycles. The van der Waals surface area contributed by atoms with Crippen LogP contribution >= 0.6 is 0 Å². The molecule has 96 valence electrons. The number of nitrogens with zero attached hydrogens (tertiary/aromatic N) is 1. The summed E-state index contributed by atoms with van der Waals surface area (Å²) in [7, 11) is 0. The molecule has 1 nitrogen and oxygen atoms in total. The van der Waals surface area contributed by atoms with Crippen molar-refractivity contribution in [3.05, 3.63) is 13.3 Å². The molecule has 0 aliphatic heterocycles. The molecule has 0 amide bonds. The van der Waals surface area contributed by atoms with Crippen molar-refractivity contribution in [2.24, 2.45) is 5.92 Å². The van der Waals surface area contributed by atoms with Crippen LogP contribution in [-0.2, 0) is 0 Å². The largest absolute Gasteiger partial charge is 2.00 e. The Labute approximate surface area is 122 Å². The van der Waals surface area contributed by atoms with Crippen molar-refractivity contribution >= 4 is 0 Å². The van der Waals surface area contributed by atoms with Crippen molar-refractivity contribution in [1.82, 2.24) is 4.90 Å². The van der Waals surface area contributed by atoms with E-state index in [9.17, 15) is 13.2 Å². The fourth-order valence-electron chi connectivity index (χ4n) is 0.850. The van der Waals surface area contributed by atoms with Crippen molar-refractivity contribution in [2.45, 2.75) is 40.4 Å². The zero-order valence-electron chi connectivity index (χ0n) is 10.6. The fraction of sp³-hybridized carbons (Fsp3) is 0.818. The molecular weight excluding hydrogens is 441 g/mol. The first-order valence-electron chi connectivity index (χ1n) is 5.32. The number of halogens is 3. The third kappa shape index (κ3) is 12.9. The molecule has 5 heteroatoms. The van der Waals surface area contributed by atoms with E-state index in [0.717, 1.165) is 0 Å². The molecule has 0 aliphatic rings. The van der Waals surface area contributed by atoms with Crippen LogP contribution in [0.25, 0.3) is 0 Å². The summed E-state index contributed by atoms with van der Waals surface area (Å²) in [5.41, 5.74) is 0. The second-order valence-corrected chi connectivity index (χ2v) is 3.25. The molecule has 0 N–H and O–H groups in total. The summed E-state index contributed by atoms with van der Waals surface area (Å²) in [4.78, 5) is 0.472. The molecule has 0 saturated heterocycles. The first kappa shape index (κ1) is 22.0. The van der Waals surface area contributed by atoms with Crippen LogP contribution in [0.2, 0.25) is 0 Å². The predicted octanol–water partition coefficient (Wildman–Crippen LogP) is 3.92. The van der Waals surface area contributed by atoms with Gasteiger partial charge in [0.2, 0.25) is 0 Å². The van der Waals surface area contributed by atoms with E-state index >= 15 is 0 Å². The summed E-state index contributed by atoms with van der Waals surface area (Å²) in [6.07, 6.45) is -2.32. The Kier molecular flexibility index (Phi) is 16.9. The van der Waals surface area contributed by atoms with E-state index in [1.807, 2.05) is 27.7 Å². The topological polar surface area (TPSA) is 3.24 Å². The molecule has 0 fully saturated rings. The van der Waals surface area contributed by atoms with Crippen LogP contribution in [-0.4, -0.2) is 24.3 Å².